The summed E-state index contributed by atoms with van der Waals surface area (Å²) in [5.41, 5.74) is 2.36. The van der Waals surface area contributed by atoms with Crippen LogP contribution in [0.4, 0.5) is 28.2 Å². The van der Waals surface area contributed by atoms with Crippen LogP contribution in [0.5, 0.6) is 0 Å². The number of alkyl carbamates (subject to hydrolysis) is 1. The summed E-state index contributed by atoms with van der Waals surface area (Å²) in [6.45, 7) is 7.09. The van der Waals surface area contributed by atoms with Crippen LogP contribution in [0.1, 0.15) is 32.0 Å². The van der Waals surface area contributed by atoms with Crippen molar-refractivity contribution in [1.29, 1.82) is 0 Å². The first-order chi connectivity index (χ1) is 18.4. The van der Waals surface area contributed by atoms with Crippen molar-refractivity contribution >= 4 is 23.8 Å². The molecule has 0 bridgehead atoms. The first kappa shape index (κ1) is 31.7. The molecule has 216 valence electrons. The maximum absolute atomic E-state index is 13.3. The van der Waals surface area contributed by atoms with Crippen molar-refractivity contribution in [3.05, 3.63) is 65.7 Å². The van der Waals surface area contributed by atoms with Gasteiger partial charge < -0.3 is 20.5 Å². The molecule has 0 fully saturated rings. The van der Waals surface area contributed by atoms with Gasteiger partial charge in [-0.1, -0.05) is 12.1 Å². The zero-order chi connectivity index (χ0) is 30.3. The molecule has 0 unspecified atom stereocenters. The zero-order valence-electron chi connectivity index (χ0n) is 22.3. The average Bonchev–Trinajstić information content (AvgIpc) is 3.18. The van der Waals surface area contributed by atoms with E-state index in [0.29, 0.717) is 17.1 Å². The van der Waals surface area contributed by atoms with E-state index in [9.17, 15) is 27.2 Å². The van der Waals surface area contributed by atoms with Gasteiger partial charge >= 0.3 is 18.2 Å². The third kappa shape index (κ3) is 10.3. The Morgan fingerprint density at radius 3 is 2.20 bits per heavy atom. The minimum atomic E-state index is -5.08. The van der Waals surface area contributed by atoms with Gasteiger partial charge in [0.1, 0.15) is 23.3 Å². The van der Waals surface area contributed by atoms with Crippen LogP contribution in [0.3, 0.4) is 0 Å². The second kappa shape index (κ2) is 13.0. The number of anilines is 1. The van der Waals surface area contributed by atoms with Gasteiger partial charge in [0.15, 0.2) is 0 Å². The summed E-state index contributed by atoms with van der Waals surface area (Å²) >= 11 is 0. The van der Waals surface area contributed by atoms with Crippen LogP contribution in [-0.2, 0) is 27.8 Å². The van der Waals surface area contributed by atoms with Gasteiger partial charge in [-0.2, -0.15) is 18.3 Å². The lowest BCUT2D eigenvalue weighted by Crippen LogP contribution is -2.47. The molecule has 3 rings (SSSR count). The van der Waals surface area contributed by atoms with Gasteiger partial charge in [0.2, 0.25) is 5.91 Å². The number of aryl methyl sites for hydroxylation is 2. The largest absolute Gasteiger partial charge is 0.490 e. The average molecular weight is 568 g/mol. The zero-order valence-corrected chi connectivity index (χ0v) is 22.3. The number of carbonyl (C=O) groups is 3. The highest BCUT2D eigenvalue weighted by atomic mass is 19.4. The maximum atomic E-state index is 13.3. The summed E-state index contributed by atoms with van der Waals surface area (Å²) in [6, 6.07) is 10.3. The number of hydrogen-bond donors (Lipinski definition) is 3. The van der Waals surface area contributed by atoms with Gasteiger partial charge in [-0.05, 0) is 57.5 Å². The molecule has 0 saturated heterocycles. The Labute approximate surface area is 227 Å². The molecule has 10 nitrogen and oxygen atoms in total. The number of halogens is 4. The van der Waals surface area contributed by atoms with Gasteiger partial charge in [0, 0.05) is 37.0 Å². The standard InChI is InChI=1S/C24H28FN5O3.C2HF3O2/c1-15-12-17(10-11-26-15)19-14-21(30(5)29-19)28-22(31)20(27-23(32)33-24(2,3)4)13-16-6-8-18(25)9-7-16;3-2(4,5)1(6)7/h6-12,14,20H,13H2,1-5H3,(H,27,32)(H,28,31);(H,6,7)/t20-;/m0./s1. The Morgan fingerprint density at radius 1 is 1.07 bits per heavy atom. The number of nitrogens with one attached hydrogen (secondary N) is 2. The molecular formula is C26H29F4N5O5. The molecule has 1 aromatic carbocycles. The van der Waals surface area contributed by atoms with E-state index < -0.39 is 35.8 Å². The number of pyridine rings is 1. The number of amides is 2. The van der Waals surface area contributed by atoms with Crippen LogP contribution in [0.15, 0.2) is 48.7 Å². The number of carboxylic acid groups (broad SMARTS) is 1. The van der Waals surface area contributed by atoms with E-state index in [1.807, 2.05) is 19.1 Å². The molecule has 3 aromatic rings. The van der Waals surface area contributed by atoms with E-state index in [2.05, 4.69) is 20.7 Å². The highest BCUT2D eigenvalue weighted by molar-refractivity contribution is 5.96. The summed E-state index contributed by atoms with van der Waals surface area (Å²) in [4.78, 5) is 38.6. The highest BCUT2D eigenvalue weighted by Gasteiger charge is 2.38. The van der Waals surface area contributed by atoms with Crippen molar-refractivity contribution in [2.24, 2.45) is 7.05 Å². The van der Waals surface area contributed by atoms with Crippen molar-refractivity contribution in [3.8, 4) is 11.3 Å². The number of hydrogen-bond acceptors (Lipinski definition) is 6. The van der Waals surface area contributed by atoms with Crippen molar-refractivity contribution in [2.75, 3.05) is 5.32 Å². The van der Waals surface area contributed by atoms with E-state index >= 15 is 0 Å². The molecule has 14 heteroatoms. The summed E-state index contributed by atoms with van der Waals surface area (Å²) in [7, 11) is 1.71. The van der Waals surface area contributed by atoms with Crippen molar-refractivity contribution in [3.63, 3.8) is 0 Å². The smallest absolute Gasteiger partial charge is 0.475 e. The number of aromatic nitrogens is 3. The van der Waals surface area contributed by atoms with E-state index in [1.165, 1.54) is 12.1 Å². The van der Waals surface area contributed by atoms with Gasteiger partial charge in [0.05, 0.1) is 5.69 Å². The number of benzene rings is 1. The quantitative estimate of drug-likeness (QED) is 0.370. The van der Waals surface area contributed by atoms with Gasteiger partial charge in [-0.15, -0.1) is 0 Å². The predicted molar refractivity (Wildman–Crippen MR) is 137 cm³/mol. The first-order valence-corrected chi connectivity index (χ1v) is 11.8. The van der Waals surface area contributed by atoms with E-state index in [1.54, 1.807) is 56.9 Å². The molecule has 0 aliphatic rings. The van der Waals surface area contributed by atoms with Crippen molar-refractivity contribution in [1.82, 2.24) is 20.1 Å². The van der Waals surface area contributed by atoms with E-state index in [4.69, 9.17) is 14.6 Å². The van der Waals surface area contributed by atoms with Crippen LogP contribution in [0.25, 0.3) is 11.3 Å². The summed E-state index contributed by atoms with van der Waals surface area (Å²) < 4.78 is 51.9. The normalized spacial score (nSPS) is 12.0. The monoisotopic (exact) mass is 567 g/mol. The molecule has 2 amide bonds. The second-order valence-electron chi connectivity index (χ2n) is 9.55. The first-order valence-electron chi connectivity index (χ1n) is 11.8. The minimum absolute atomic E-state index is 0.152. The third-order valence-electron chi connectivity index (χ3n) is 4.93. The van der Waals surface area contributed by atoms with Gasteiger partial charge in [-0.3, -0.25) is 14.5 Å². The van der Waals surface area contributed by atoms with Crippen molar-refractivity contribution in [2.45, 2.75) is 51.9 Å². The molecule has 0 aliphatic carbocycles. The molecule has 1 atom stereocenters. The fourth-order valence-corrected chi connectivity index (χ4v) is 3.16. The number of carboxylic acids is 1. The van der Waals surface area contributed by atoms with Crippen LogP contribution < -0.4 is 10.6 Å². The predicted octanol–water partition coefficient (Wildman–Crippen LogP) is 4.64. The molecule has 0 radical (unpaired) electrons. The van der Waals surface area contributed by atoms with Gasteiger partial charge in [-0.25, -0.2) is 14.0 Å². The van der Waals surface area contributed by atoms with E-state index in [0.717, 1.165) is 11.3 Å². The van der Waals surface area contributed by atoms with E-state index in [-0.39, 0.29) is 12.2 Å². The van der Waals surface area contributed by atoms with Crippen molar-refractivity contribution < 1.29 is 41.8 Å². The molecule has 0 spiro atoms. The second-order valence-corrected chi connectivity index (χ2v) is 9.55. The molecule has 0 aliphatic heterocycles. The minimum Gasteiger partial charge on any atom is -0.475 e. The van der Waals surface area contributed by atoms with Gasteiger partial charge in [0.25, 0.3) is 0 Å². The molecule has 3 N–H and O–H groups in total. The molecule has 2 heterocycles. The lowest BCUT2D eigenvalue weighted by atomic mass is 10.1. The Balaban J connectivity index is 0.000000708. The molecule has 0 saturated carbocycles. The Morgan fingerprint density at radius 2 is 1.68 bits per heavy atom. The highest BCUT2D eigenvalue weighted by Crippen LogP contribution is 2.22. The summed E-state index contributed by atoms with van der Waals surface area (Å²) in [5, 5.41) is 17.0. The topological polar surface area (TPSA) is 135 Å². The van der Waals surface area contributed by atoms with Crippen LogP contribution >= 0.6 is 0 Å². The van der Waals surface area contributed by atoms with Crippen LogP contribution in [0, 0.1) is 12.7 Å². The number of nitrogens with zero attached hydrogens (tertiary/aromatic N) is 3. The SMILES string of the molecule is Cc1cc(-c2cc(NC(=O)[C@H](Cc3ccc(F)cc3)NC(=O)OC(C)(C)C)n(C)n2)ccn1.O=C(O)C(F)(F)F. The number of alkyl halides is 3. The Bertz CT molecular complexity index is 1330. The number of rotatable bonds is 6. The summed E-state index contributed by atoms with van der Waals surface area (Å²) in [5.74, 6) is -3.13. The molecule has 2 aromatic heterocycles. The number of ether oxygens (including phenoxy) is 1. The lowest BCUT2D eigenvalue weighted by molar-refractivity contribution is -0.192. The Hall–Kier alpha value is -4.49. The third-order valence-corrected chi connectivity index (χ3v) is 4.93. The fraction of sp³-hybridized carbons (Fsp3) is 0.346. The number of carbonyl (C=O) groups excluding carboxylic acids is 2. The van der Waals surface area contributed by atoms with Crippen LogP contribution in [0.2, 0.25) is 0 Å². The Kier molecular flexibility index (Phi) is 10.3. The number of aliphatic carboxylic acids is 1. The molecule has 40 heavy (non-hydrogen) atoms. The lowest BCUT2D eigenvalue weighted by Gasteiger charge is -2.23. The molecular weight excluding hydrogens is 538 g/mol. The summed E-state index contributed by atoms with van der Waals surface area (Å²) in [6.07, 6.45) is -3.96. The fourth-order valence-electron chi connectivity index (χ4n) is 3.16. The maximum Gasteiger partial charge on any atom is 0.490 e. The van der Waals surface area contributed by atoms with Crippen LogP contribution in [-0.4, -0.2) is 55.7 Å².